The topological polar surface area (TPSA) is 94.0 Å². The van der Waals surface area contributed by atoms with Gasteiger partial charge in [0.2, 0.25) is 0 Å². The molecule has 2 aromatic carbocycles. The SMILES string of the molecule is Cc1nc(NCCNC(=O)c2cccc(Oc3ccc(F)cc3)c2)cc(-n2cccn2)n1. The lowest BCUT2D eigenvalue weighted by molar-refractivity contribution is 0.0955. The van der Waals surface area contributed by atoms with Gasteiger partial charge in [0.1, 0.15) is 29.0 Å². The molecule has 4 rings (SSSR count). The standard InChI is InChI=1S/C23H21FN6O2/c1-16-28-21(15-22(29-16)30-13-3-10-27-30)25-11-12-26-23(31)17-4-2-5-20(14-17)32-19-8-6-18(24)7-9-19/h2-10,13-15H,11-12H2,1H3,(H,26,31)(H,25,28,29). The lowest BCUT2D eigenvalue weighted by Gasteiger charge is -2.10. The number of aromatic nitrogens is 4. The number of benzene rings is 2. The Morgan fingerprint density at radius 2 is 1.88 bits per heavy atom. The lowest BCUT2D eigenvalue weighted by Crippen LogP contribution is -2.29. The van der Waals surface area contributed by atoms with E-state index in [1.165, 1.54) is 24.3 Å². The quantitative estimate of drug-likeness (QED) is 0.412. The summed E-state index contributed by atoms with van der Waals surface area (Å²) in [7, 11) is 0. The van der Waals surface area contributed by atoms with Crippen molar-refractivity contribution in [3.05, 3.63) is 90.3 Å². The summed E-state index contributed by atoms with van der Waals surface area (Å²) in [5.41, 5.74) is 0.462. The molecule has 0 aliphatic heterocycles. The molecule has 0 aliphatic carbocycles. The summed E-state index contributed by atoms with van der Waals surface area (Å²) in [6.45, 7) is 2.68. The normalized spacial score (nSPS) is 10.6. The number of hydrogen-bond acceptors (Lipinski definition) is 6. The predicted molar refractivity (Wildman–Crippen MR) is 118 cm³/mol. The molecule has 0 unspecified atom stereocenters. The number of anilines is 1. The molecule has 0 aliphatic rings. The van der Waals surface area contributed by atoms with E-state index >= 15 is 0 Å². The van der Waals surface area contributed by atoms with Crippen molar-refractivity contribution in [2.24, 2.45) is 0 Å². The summed E-state index contributed by atoms with van der Waals surface area (Å²) in [6.07, 6.45) is 3.49. The van der Waals surface area contributed by atoms with Crippen LogP contribution in [0.3, 0.4) is 0 Å². The summed E-state index contributed by atoms with van der Waals surface area (Å²) in [5, 5.41) is 10.2. The molecule has 0 spiro atoms. The molecule has 0 saturated carbocycles. The molecule has 9 heteroatoms. The first-order valence-corrected chi connectivity index (χ1v) is 9.98. The second-order valence-corrected chi connectivity index (χ2v) is 6.88. The van der Waals surface area contributed by atoms with E-state index in [4.69, 9.17) is 4.74 Å². The number of amides is 1. The molecule has 2 aromatic heterocycles. The Morgan fingerprint density at radius 3 is 2.66 bits per heavy atom. The molecule has 0 radical (unpaired) electrons. The van der Waals surface area contributed by atoms with Crippen LogP contribution in [0, 0.1) is 12.7 Å². The molecule has 4 aromatic rings. The smallest absolute Gasteiger partial charge is 0.251 e. The van der Waals surface area contributed by atoms with Crippen molar-refractivity contribution in [1.29, 1.82) is 0 Å². The molecule has 0 fully saturated rings. The summed E-state index contributed by atoms with van der Waals surface area (Å²) >= 11 is 0. The van der Waals surface area contributed by atoms with E-state index in [2.05, 4.69) is 25.7 Å². The zero-order valence-corrected chi connectivity index (χ0v) is 17.3. The van der Waals surface area contributed by atoms with Crippen LogP contribution in [0.1, 0.15) is 16.2 Å². The lowest BCUT2D eigenvalue weighted by atomic mass is 10.2. The molecule has 32 heavy (non-hydrogen) atoms. The Balaban J connectivity index is 1.30. The van der Waals surface area contributed by atoms with Crippen LogP contribution in [-0.2, 0) is 0 Å². The van der Waals surface area contributed by atoms with Crippen molar-refractivity contribution in [2.75, 3.05) is 18.4 Å². The van der Waals surface area contributed by atoms with Gasteiger partial charge in [-0.15, -0.1) is 0 Å². The highest BCUT2D eigenvalue weighted by Gasteiger charge is 2.08. The Bertz CT molecular complexity index is 1200. The zero-order valence-electron chi connectivity index (χ0n) is 17.3. The second kappa shape index (κ2) is 9.69. The van der Waals surface area contributed by atoms with Gasteiger partial charge in [0.25, 0.3) is 5.91 Å². The molecule has 0 bridgehead atoms. The minimum atomic E-state index is -0.339. The number of carbonyl (C=O) groups is 1. The van der Waals surface area contributed by atoms with Crippen LogP contribution < -0.4 is 15.4 Å². The zero-order chi connectivity index (χ0) is 22.3. The van der Waals surface area contributed by atoms with Gasteiger partial charge in [0.05, 0.1) is 0 Å². The van der Waals surface area contributed by atoms with Crippen molar-refractivity contribution in [3.8, 4) is 17.3 Å². The third-order valence-corrected chi connectivity index (χ3v) is 4.43. The Kier molecular flexibility index (Phi) is 6.35. The summed E-state index contributed by atoms with van der Waals surface area (Å²) in [4.78, 5) is 21.2. The van der Waals surface area contributed by atoms with E-state index in [0.717, 1.165) is 0 Å². The van der Waals surface area contributed by atoms with Gasteiger partial charge in [-0.2, -0.15) is 5.10 Å². The third kappa shape index (κ3) is 5.45. The van der Waals surface area contributed by atoms with Crippen LogP contribution in [0.15, 0.2) is 73.1 Å². The van der Waals surface area contributed by atoms with Gasteiger partial charge in [0, 0.05) is 37.1 Å². The fraction of sp³-hybridized carbons (Fsp3) is 0.130. The van der Waals surface area contributed by atoms with E-state index in [1.807, 2.05) is 6.07 Å². The second-order valence-electron chi connectivity index (χ2n) is 6.88. The van der Waals surface area contributed by atoms with Gasteiger partial charge in [-0.3, -0.25) is 4.79 Å². The van der Waals surface area contributed by atoms with Gasteiger partial charge in [-0.05, 0) is 55.5 Å². The maximum Gasteiger partial charge on any atom is 0.251 e. The third-order valence-electron chi connectivity index (χ3n) is 4.43. The van der Waals surface area contributed by atoms with Gasteiger partial charge in [0.15, 0.2) is 5.82 Å². The molecule has 2 heterocycles. The summed E-state index contributed by atoms with van der Waals surface area (Å²) in [5.74, 6) is 2.33. The van der Waals surface area contributed by atoms with E-state index in [-0.39, 0.29) is 11.7 Å². The molecule has 8 nitrogen and oxygen atoms in total. The van der Waals surface area contributed by atoms with Gasteiger partial charge >= 0.3 is 0 Å². The van der Waals surface area contributed by atoms with Gasteiger partial charge in [-0.1, -0.05) is 6.07 Å². The number of nitrogens with one attached hydrogen (secondary N) is 2. The number of ether oxygens (including phenoxy) is 1. The molecule has 0 atom stereocenters. The van der Waals surface area contributed by atoms with Crippen molar-refractivity contribution >= 4 is 11.7 Å². The van der Waals surface area contributed by atoms with Crippen molar-refractivity contribution in [2.45, 2.75) is 6.92 Å². The van der Waals surface area contributed by atoms with Crippen LogP contribution in [0.2, 0.25) is 0 Å². The maximum atomic E-state index is 13.0. The van der Waals surface area contributed by atoms with E-state index < -0.39 is 0 Å². The molecule has 162 valence electrons. The molecule has 2 N–H and O–H groups in total. The van der Waals surface area contributed by atoms with Crippen LogP contribution in [0.25, 0.3) is 5.82 Å². The Morgan fingerprint density at radius 1 is 1.03 bits per heavy atom. The van der Waals surface area contributed by atoms with E-state index in [9.17, 15) is 9.18 Å². The average Bonchev–Trinajstić information content (AvgIpc) is 3.33. The fourth-order valence-corrected chi connectivity index (χ4v) is 2.97. The van der Waals surface area contributed by atoms with Crippen LogP contribution >= 0.6 is 0 Å². The number of aryl methyl sites for hydroxylation is 1. The number of nitrogens with zero attached hydrogens (tertiary/aromatic N) is 4. The average molecular weight is 432 g/mol. The number of carbonyl (C=O) groups excluding carboxylic acids is 1. The van der Waals surface area contributed by atoms with Crippen LogP contribution in [0.4, 0.5) is 10.2 Å². The minimum Gasteiger partial charge on any atom is -0.457 e. The minimum absolute atomic E-state index is 0.229. The largest absolute Gasteiger partial charge is 0.457 e. The van der Waals surface area contributed by atoms with Crippen LogP contribution in [0.5, 0.6) is 11.5 Å². The summed E-state index contributed by atoms with van der Waals surface area (Å²) in [6, 6.07) is 16.1. The summed E-state index contributed by atoms with van der Waals surface area (Å²) < 4.78 is 20.4. The first kappa shape index (κ1) is 21.0. The monoisotopic (exact) mass is 432 g/mol. The van der Waals surface area contributed by atoms with Crippen molar-refractivity contribution in [1.82, 2.24) is 25.1 Å². The number of rotatable bonds is 8. The molecular formula is C23H21FN6O2. The number of hydrogen-bond donors (Lipinski definition) is 2. The maximum absolute atomic E-state index is 13.0. The first-order valence-electron chi connectivity index (χ1n) is 9.98. The first-order chi connectivity index (χ1) is 15.6. The van der Waals surface area contributed by atoms with Crippen LogP contribution in [-0.4, -0.2) is 38.7 Å². The molecular weight excluding hydrogens is 411 g/mol. The fourth-order valence-electron chi connectivity index (χ4n) is 2.97. The van der Waals surface area contributed by atoms with Crippen molar-refractivity contribution in [3.63, 3.8) is 0 Å². The molecule has 1 amide bonds. The van der Waals surface area contributed by atoms with Gasteiger partial charge in [-0.25, -0.2) is 19.0 Å². The van der Waals surface area contributed by atoms with Gasteiger partial charge < -0.3 is 15.4 Å². The highest BCUT2D eigenvalue weighted by Crippen LogP contribution is 2.22. The Labute approximate surface area is 184 Å². The van der Waals surface area contributed by atoms with Crippen molar-refractivity contribution < 1.29 is 13.9 Å². The Hall–Kier alpha value is -4.27. The predicted octanol–water partition coefficient (Wildman–Crippen LogP) is 3.74. The van der Waals surface area contributed by atoms with E-state index in [0.29, 0.717) is 47.6 Å². The highest BCUT2D eigenvalue weighted by atomic mass is 19.1. The number of halogens is 1. The highest BCUT2D eigenvalue weighted by molar-refractivity contribution is 5.94. The van der Waals surface area contributed by atoms with E-state index in [1.54, 1.807) is 54.3 Å². The molecule has 0 saturated heterocycles.